The van der Waals surface area contributed by atoms with Gasteiger partial charge in [0.25, 0.3) is 0 Å². The van der Waals surface area contributed by atoms with E-state index in [2.05, 4.69) is 53.5 Å². The van der Waals surface area contributed by atoms with Crippen LogP contribution >= 0.6 is 0 Å². The maximum atomic E-state index is 4.67. The highest BCUT2D eigenvalue weighted by atomic mass is 14.8. The molecule has 1 nitrogen and oxygen atoms in total. The molecule has 0 fully saturated rings. The minimum absolute atomic E-state index is 0.600. The highest BCUT2D eigenvalue weighted by molar-refractivity contribution is 5.84. The van der Waals surface area contributed by atoms with Crippen LogP contribution in [0.1, 0.15) is 68.7 Å². The molecule has 0 amide bonds. The fraction of sp³-hybridized carbons (Fsp3) is 0.800. The van der Waals surface area contributed by atoms with Crippen molar-refractivity contribution >= 4 is 5.71 Å². The Morgan fingerprint density at radius 2 is 1.44 bits per heavy atom. The molecule has 16 heavy (non-hydrogen) atoms. The Kier molecular flexibility index (Phi) is 10.7. The van der Waals surface area contributed by atoms with E-state index in [9.17, 15) is 0 Å². The van der Waals surface area contributed by atoms with Gasteiger partial charge < -0.3 is 0 Å². The van der Waals surface area contributed by atoms with Crippen LogP contribution in [0.5, 0.6) is 0 Å². The lowest BCUT2D eigenvalue weighted by Gasteiger charge is -2.11. The van der Waals surface area contributed by atoms with Gasteiger partial charge in [0.05, 0.1) is 0 Å². The zero-order chi connectivity index (χ0) is 13.3. The fourth-order valence-electron chi connectivity index (χ4n) is 1.18. The molecule has 0 aromatic carbocycles. The van der Waals surface area contributed by atoms with Crippen molar-refractivity contribution < 1.29 is 0 Å². The summed E-state index contributed by atoms with van der Waals surface area (Å²) in [5, 5.41) is 0. The summed E-state index contributed by atoms with van der Waals surface area (Å²) < 4.78 is 0. The van der Waals surface area contributed by atoms with Crippen molar-refractivity contribution in [2.45, 2.75) is 68.7 Å². The van der Waals surface area contributed by atoms with E-state index < -0.39 is 0 Å². The van der Waals surface area contributed by atoms with E-state index in [4.69, 9.17) is 0 Å². The third-order valence-corrected chi connectivity index (χ3v) is 3.11. The number of hydrogen-bond donors (Lipinski definition) is 0. The molecule has 0 heterocycles. The largest absolute Gasteiger partial charge is 0.263 e. The van der Waals surface area contributed by atoms with Gasteiger partial charge in [-0.25, -0.2) is 0 Å². The van der Waals surface area contributed by atoms with Gasteiger partial charge in [-0.3, -0.25) is 4.99 Å². The summed E-state index contributed by atoms with van der Waals surface area (Å²) in [6.07, 6.45) is 1.17. The predicted molar refractivity (Wildman–Crippen MR) is 77.1 cm³/mol. The van der Waals surface area contributed by atoms with Crippen molar-refractivity contribution in [1.29, 1.82) is 0 Å². The molecule has 1 atom stereocenters. The van der Waals surface area contributed by atoms with Gasteiger partial charge in [-0.2, -0.15) is 0 Å². The van der Waals surface area contributed by atoms with Crippen LogP contribution in [0, 0.1) is 11.8 Å². The second-order valence-electron chi connectivity index (χ2n) is 4.49. The summed E-state index contributed by atoms with van der Waals surface area (Å²) in [7, 11) is 0. The maximum absolute atomic E-state index is 4.67. The van der Waals surface area contributed by atoms with Crippen LogP contribution in [0.3, 0.4) is 0 Å². The molecule has 0 aliphatic rings. The van der Waals surface area contributed by atoms with Gasteiger partial charge in [0.2, 0.25) is 0 Å². The van der Waals surface area contributed by atoms with Crippen LogP contribution in [0.25, 0.3) is 0 Å². The highest BCUT2D eigenvalue weighted by Crippen LogP contribution is 2.16. The van der Waals surface area contributed by atoms with Crippen molar-refractivity contribution in [3.63, 3.8) is 0 Å². The molecular formula is C15H31N. The molecule has 0 rings (SSSR count). The first kappa shape index (κ1) is 17.8. The smallest absolute Gasteiger partial charge is 0.0363 e. The Morgan fingerprint density at radius 1 is 1.00 bits per heavy atom. The number of nitrogens with zero attached hydrogens (tertiary/aromatic N) is 1. The van der Waals surface area contributed by atoms with E-state index in [1.54, 1.807) is 0 Å². The van der Waals surface area contributed by atoms with E-state index in [1.165, 1.54) is 23.4 Å². The topological polar surface area (TPSA) is 12.4 Å². The molecule has 0 aliphatic carbocycles. The average Bonchev–Trinajstić information content (AvgIpc) is 2.29. The molecule has 0 N–H and O–H groups in total. The number of allylic oxidation sites excluding steroid dienone is 2. The van der Waals surface area contributed by atoms with E-state index in [1.807, 2.05) is 13.8 Å². The van der Waals surface area contributed by atoms with Gasteiger partial charge in [0.1, 0.15) is 0 Å². The molecule has 0 aliphatic heterocycles. The third-order valence-electron chi connectivity index (χ3n) is 3.11. The molecule has 0 bridgehead atoms. The van der Waals surface area contributed by atoms with E-state index in [0.29, 0.717) is 11.8 Å². The lowest BCUT2D eigenvalue weighted by atomic mass is 10.0. The summed E-state index contributed by atoms with van der Waals surface area (Å²) in [5.74, 6) is 1.20. The fourth-order valence-corrected chi connectivity index (χ4v) is 1.18. The molecule has 0 saturated heterocycles. The SMILES string of the molecule is CC.CCC(C)C(C)=N/C(C)=C(\C)C(C)C. The molecule has 1 heteroatoms. The molecule has 0 aromatic rings. The van der Waals surface area contributed by atoms with E-state index >= 15 is 0 Å². The van der Waals surface area contributed by atoms with Gasteiger partial charge in [-0.15, -0.1) is 0 Å². The summed E-state index contributed by atoms with van der Waals surface area (Å²) in [5.41, 5.74) is 3.84. The lowest BCUT2D eigenvalue weighted by Crippen LogP contribution is -2.06. The van der Waals surface area contributed by atoms with Crippen molar-refractivity contribution in [3.8, 4) is 0 Å². The predicted octanol–water partition coefficient (Wildman–Crippen LogP) is 5.47. The summed E-state index contributed by atoms with van der Waals surface area (Å²) in [6.45, 7) is 19.3. The Hall–Kier alpha value is -0.590. The minimum Gasteiger partial charge on any atom is -0.263 e. The number of aliphatic imine (C=N–C) groups is 1. The van der Waals surface area contributed by atoms with Gasteiger partial charge in [-0.1, -0.05) is 41.5 Å². The molecule has 96 valence electrons. The minimum atomic E-state index is 0.600. The molecule has 0 spiro atoms. The van der Waals surface area contributed by atoms with Crippen LogP contribution in [-0.2, 0) is 0 Å². The van der Waals surface area contributed by atoms with Gasteiger partial charge in [-0.05, 0) is 44.6 Å². The molecule has 0 saturated carbocycles. The first-order valence-electron chi connectivity index (χ1n) is 6.62. The van der Waals surface area contributed by atoms with Crippen molar-refractivity contribution in [2.75, 3.05) is 0 Å². The quantitative estimate of drug-likeness (QED) is 0.563. The number of rotatable bonds is 4. The third kappa shape index (κ3) is 6.81. The summed E-state index contributed by atoms with van der Waals surface area (Å²) in [4.78, 5) is 4.67. The van der Waals surface area contributed by atoms with Crippen LogP contribution in [0.15, 0.2) is 16.3 Å². The zero-order valence-corrected chi connectivity index (χ0v) is 12.8. The normalized spacial score (nSPS) is 15.2. The van der Waals surface area contributed by atoms with Crippen LogP contribution in [-0.4, -0.2) is 5.71 Å². The molecule has 0 aromatic heterocycles. The summed E-state index contributed by atoms with van der Waals surface area (Å²) in [6, 6.07) is 0. The molecular weight excluding hydrogens is 194 g/mol. The van der Waals surface area contributed by atoms with Crippen molar-refractivity contribution in [2.24, 2.45) is 16.8 Å². The summed E-state index contributed by atoms with van der Waals surface area (Å²) >= 11 is 0. The van der Waals surface area contributed by atoms with E-state index in [0.717, 1.165) is 0 Å². The van der Waals surface area contributed by atoms with Crippen molar-refractivity contribution in [1.82, 2.24) is 0 Å². The first-order valence-corrected chi connectivity index (χ1v) is 6.62. The second-order valence-corrected chi connectivity index (χ2v) is 4.49. The monoisotopic (exact) mass is 225 g/mol. The zero-order valence-electron chi connectivity index (χ0n) is 12.8. The highest BCUT2D eigenvalue weighted by Gasteiger charge is 2.05. The average molecular weight is 225 g/mol. The second kappa shape index (κ2) is 9.62. The maximum Gasteiger partial charge on any atom is 0.0363 e. The van der Waals surface area contributed by atoms with Gasteiger partial charge in [0, 0.05) is 11.4 Å². The molecule has 0 radical (unpaired) electrons. The first-order chi connectivity index (χ1) is 7.40. The van der Waals surface area contributed by atoms with Gasteiger partial charge in [0.15, 0.2) is 0 Å². The lowest BCUT2D eigenvalue weighted by molar-refractivity contribution is 0.728. The Bertz CT molecular complexity index is 234. The Labute approximate surface area is 103 Å². The number of hydrogen-bond acceptors (Lipinski definition) is 1. The molecule has 1 unspecified atom stereocenters. The van der Waals surface area contributed by atoms with Crippen LogP contribution in [0.4, 0.5) is 0 Å². The van der Waals surface area contributed by atoms with Crippen molar-refractivity contribution in [3.05, 3.63) is 11.3 Å². The van der Waals surface area contributed by atoms with Crippen LogP contribution in [0.2, 0.25) is 0 Å². The van der Waals surface area contributed by atoms with Crippen LogP contribution < -0.4 is 0 Å². The Balaban J connectivity index is 0. The van der Waals surface area contributed by atoms with E-state index in [-0.39, 0.29) is 0 Å². The van der Waals surface area contributed by atoms with Gasteiger partial charge >= 0.3 is 0 Å². The Morgan fingerprint density at radius 3 is 1.75 bits per heavy atom. The standard InChI is InChI=1S/C13H25N.C2H6/c1-8-10(4)12(6)14-13(7)11(5)9(2)3;1-2/h9-10H,8H2,1-7H3;1-2H3/b13-11+,14-12?;.